The van der Waals surface area contributed by atoms with Crippen molar-refractivity contribution in [2.45, 2.75) is 57.5 Å². The molecular weight excluding hydrogens is 520 g/mol. The highest BCUT2D eigenvalue weighted by Gasteiger charge is 2.36. The first-order valence-electron chi connectivity index (χ1n) is 12.5. The molecule has 39 heavy (non-hydrogen) atoms. The average molecular weight is 547 g/mol. The number of nitrogens with one attached hydrogen (secondary N) is 1. The van der Waals surface area contributed by atoms with Gasteiger partial charge in [0.15, 0.2) is 5.82 Å². The Labute approximate surface area is 220 Å². The molecule has 1 aliphatic carbocycles. The van der Waals surface area contributed by atoms with Crippen LogP contribution in [0.4, 0.5) is 23.4 Å². The number of nitrogens with two attached hydrogens (primary N) is 1. The van der Waals surface area contributed by atoms with Crippen LogP contribution in [0.1, 0.15) is 44.2 Å². The van der Waals surface area contributed by atoms with Crippen molar-refractivity contribution in [3.05, 3.63) is 48.3 Å². The van der Waals surface area contributed by atoms with Gasteiger partial charge in [0.2, 0.25) is 5.91 Å². The summed E-state index contributed by atoms with van der Waals surface area (Å²) in [5, 5.41) is 13.1. The van der Waals surface area contributed by atoms with E-state index in [0.717, 1.165) is 17.1 Å². The fraction of sp³-hybridized carbons (Fsp3) is 0.400. The first-order valence-corrected chi connectivity index (χ1v) is 12.5. The smallest absolute Gasteiger partial charge is 0.419 e. The highest BCUT2D eigenvalue weighted by molar-refractivity contribution is 5.93. The molecule has 206 valence electrons. The Balaban J connectivity index is 1.39. The van der Waals surface area contributed by atoms with Crippen molar-refractivity contribution in [2.75, 3.05) is 11.9 Å². The number of alkyl halides is 3. The van der Waals surface area contributed by atoms with E-state index in [9.17, 15) is 22.4 Å². The Morgan fingerprint density at radius 1 is 1.21 bits per heavy atom. The summed E-state index contributed by atoms with van der Waals surface area (Å²) < 4.78 is 62.5. The first-order chi connectivity index (χ1) is 18.6. The summed E-state index contributed by atoms with van der Waals surface area (Å²) in [5.41, 5.74) is 6.06. The highest BCUT2D eigenvalue weighted by Crippen LogP contribution is 2.38. The van der Waals surface area contributed by atoms with E-state index in [0.29, 0.717) is 55.4 Å². The van der Waals surface area contributed by atoms with Crippen LogP contribution >= 0.6 is 0 Å². The number of hydrogen-bond acceptors (Lipinski definition) is 7. The molecule has 0 atom stereocenters. The summed E-state index contributed by atoms with van der Waals surface area (Å²) in [6.07, 6.45) is 2.74. The third-order valence-corrected chi connectivity index (χ3v) is 6.60. The zero-order valence-corrected chi connectivity index (χ0v) is 21.0. The number of primary amides is 1. The largest absolute Gasteiger partial charge is 0.472 e. The predicted molar refractivity (Wildman–Crippen MR) is 133 cm³/mol. The molecule has 0 saturated heterocycles. The van der Waals surface area contributed by atoms with E-state index >= 15 is 0 Å². The molecule has 0 radical (unpaired) electrons. The average Bonchev–Trinajstić information content (AvgIpc) is 3.49. The number of anilines is 1. The number of carbonyl (C=O) groups excluding carboxylic acids is 1. The molecule has 4 aromatic rings. The maximum absolute atomic E-state index is 14.4. The van der Waals surface area contributed by atoms with E-state index in [4.69, 9.17) is 15.6 Å². The standard InChI is InChI=1S/C25H26F4N8O2/c1-2-31-21-9-19-17(11-33-21)23(14-10-34-36(12-14)13-20(30)38)35-37(19)15-3-5-16(6-4-15)39-24-22(26)18(7-8-32-24)25(27,28)29/h7-12,15-16H,2-6,13H2,1H3,(H2,30,38)(H,31,33)/t15-,16+. The van der Waals surface area contributed by atoms with Gasteiger partial charge in [-0.05, 0) is 38.7 Å². The number of halogens is 4. The number of amides is 1. The molecule has 10 nitrogen and oxygen atoms in total. The lowest BCUT2D eigenvalue weighted by Crippen LogP contribution is -2.27. The van der Waals surface area contributed by atoms with E-state index < -0.39 is 35.4 Å². The number of aromatic nitrogens is 6. The van der Waals surface area contributed by atoms with Crippen LogP contribution in [-0.4, -0.2) is 48.1 Å². The molecule has 0 aromatic carbocycles. The lowest BCUT2D eigenvalue weighted by Gasteiger charge is -2.29. The van der Waals surface area contributed by atoms with Gasteiger partial charge in [-0.25, -0.2) is 14.4 Å². The number of ether oxygens (including phenoxy) is 1. The van der Waals surface area contributed by atoms with Crippen LogP contribution in [-0.2, 0) is 17.5 Å². The normalized spacial score (nSPS) is 17.9. The van der Waals surface area contributed by atoms with Crippen molar-refractivity contribution >= 4 is 22.6 Å². The van der Waals surface area contributed by atoms with Crippen molar-refractivity contribution < 1.29 is 27.1 Å². The van der Waals surface area contributed by atoms with Crippen molar-refractivity contribution in [2.24, 2.45) is 5.73 Å². The molecule has 3 N–H and O–H groups in total. The second-order valence-corrected chi connectivity index (χ2v) is 9.33. The minimum absolute atomic E-state index is 0.0436. The molecule has 4 aromatic heterocycles. The summed E-state index contributed by atoms with van der Waals surface area (Å²) in [6.45, 7) is 2.58. The van der Waals surface area contributed by atoms with Crippen LogP contribution in [0.3, 0.4) is 0 Å². The van der Waals surface area contributed by atoms with Crippen molar-refractivity contribution in [3.8, 4) is 17.1 Å². The molecule has 0 spiro atoms. The van der Waals surface area contributed by atoms with Gasteiger partial charge in [-0.1, -0.05) is 0 Å². The van der Waals surface area contributed by atoms with Gasteiger partial charge in [0.05, 0.1) is 23.3 Å². The lowest BCUT2D eigenvalue weighted by atomic mass is 9.93. The van der Waals surface area contributed by atoms with E-state index in [-0.39, 0.29) is 12.6 Å². The van der Waals surface area contributed by atoms with E-state index in [1.165, 1.54) is 4.68 Å². The Kier molecular flexibility index (Phi) is 7.10. The van der Waals surface area contributed by atoms with Crippen LogP contribution in [0, 0.1) is 5.82 Å². The van der Waals surface area contributed by atoms with Gasteiger partial charge >= 0.3 is 6.18 Å². The molecule has 1 aliphatic rings. The van der Waals surface area contributed by atoms with Gasteiger partial charge in [0.1, 0.15) is 24.2 Å². The summed E-state index contributed by atoms with van der Waals surface area (Å²) in [5.74, 6) is -1.98. The molecule has 1 fully saturated rings. The van der Waals surface area contributed by atoms with Gasteiger partial charge in [-0.3, -0.25) is 14.2 Å². The van der Waals surface area contributed by atoms with Gasteiger partial charge < -0.3 is 15.8 Å². The van der Waals surface area contributed by atoms with Gasteiger partial charge in [-0.15, -0.1) is 0 Å². The molecule has 0 aliphatic heterocycles. The first kappa shape index (κ1) is 26.4. The Morgan fingerprint density at radius 2 is 1.97 bits per heavy atom. The number of fused-ring (bicyclic) bond motifs is 1. The van der Waals surface area contributed by atoms with Crippen molar-refractivity contribution in [1.82, 2.24) is 29.5 Å². The maximum Gasteiger partial charge on any atom is 0.419 e. The summed E-state index contributed by atoms with van der Waals surface area (Å²) >= 11 is 0. The third-order valence-electron chi connectivity index (χ3n) is 6.60. The fourth-order valence-corrected chi connectivity index (χ4v) is 4.82. The van der Waals surface area contributed by atoms with E-state index in [1.807, 2.05) is 17.7 Å². The second kappa shape index (κ2) is 10.5. The van der Waals surface area contributed by atoms with Crippen molar-refractivity contribution in [3.63, 3.8) is 0 Å². The third kappa shape index (κ3) is 5.49. The summed E-state index contributed by atoms with van der Waals surface area (Å²) in [4.78, 5) is 19.5. The van der Waals surface area contributed by atoms with Crippen molar-refractivity contribution in [1.29, 1.82) is 0 Å². The quantitative estimate of drug-likeness (QED) is 0.315. The molecule has 14 heteroatoms. The van der Waals surface area contributed by atoms with E-state index in [2.05, 4.69) is 20.4 Å². The number of pyridine rings is 2. The molecular formula is C25H26F4N8O2. The second-order valence-electron chi connectivity index (χ2n) is 9.33. The fourth-order valence-electron chi connectivity index (χ4n) is 4.82. The Hall–Kier alpha value is -4.23. The molecule has 5 rings (SSSR count). The topological polar surface area (TPSA) is 126 Å². The van der Waals surface area contributed by atoms with Gasteiger partial charge in [-0.2, -0.15) is 23.4 Å². The minimum atomic E-state index is -4.83. The zero-order valence-electron chi connectivity index (χ0n) is 21.0. The minimum Gasteiger partial charge on any atom is -0.472 e. The van der Waals surface area contributed by atoms with E-state index in [1.54, 1.807) is 18.6 Å². The molecule has 0 unspecified atom stereocenters. The highest BCUT2D eigenvalue weighted by atomic mass is 19.4. The SMILES string of the molecule is CCNc1cc2c(cn1)c(-c1cnn(CC(N)=O)c1)nn2[C@H]1CC[C@@H](Oc2nccc(C(F)(F)F)c2F)CC1. The Bertz CT molecular complexity index is 1490. The van der Waals surface area contributed by atoms with Gasteiger partial charge in [0, 0.05) is 42.2 Å². The zero-order chi connectivity index (χ0) is 27.7. The Morgan fingerprint density at radius 3 is 2.67 bits per heavy atom. The number of hydrogen-bond donors (Lipinski definition) is 2. The maximum atomic E-state index is 14.4. The monoisotopic (exact) mass is 546 g/mol. The van der Waals surface area contributed by atoms with Crippen LogP contribution in [0.25, 0.3) is 22.2 Å². The summed E-state index contributed by atoms with van der Waals surface area (Å²) in [6, 6.07) is 2.46. The molecule has 0 bridgehead atoms. The number of rotatable bonds is 8. The van der Waals surface area contributed by atoms with Crippen LogP contribution in [0.5, 0.6) is 5.88 Å². The van der Waals surface area contributed by atoms with Crippen LogP contribution in [0.2, 0.25) is 0 Å². The predicted octanol–water partition coefficient (Wildman–Crippen LogP) is 4.33. The lowest BCUT2D eigenvalue weighted by molar-refractivity contribution is -0.140. The molecule has 1 amide bonds. The van der Waals surface area contributed by atoms with Crippen LogP contribution in [0.15, 0.2) is 36.9 Å². The van der Waals surface area contributed by atoms with Crippen LogP contribution < -0.4 is 15.8 Å². The summed E-state index contributed by atoms with van der Waals surface area (Å²) in [7, 11) is 0. The van der Waals surface area contributed by atoms with Gasteiger partial charge in [0.25, 0.3) is 5.88 Å². The molecule has 4 heterocycles. The number of carbonyl (C=O) groups is 1. The molecule has 1 saturated carbocycles. The number of nitrogens with zero attached hydrogens (tertiary/aromatic N) is 6.